The fourth-order valence-corrected chi connectivity index (χ4v) is 3.47. The molecule has 0 saturated heterocycles. The van der Waals surface area contributed by atoms with Gasteiger partial charge in [-0.2, -0.15) is 11.1 Å². The Labute approximate surface area is 195 Å². The molecule has 0 nitrogen and oxygen atoms in total. The first-order valence-corrected chi connectivity index (χ1v) is 13.4. The molecule has 0 bridgehead atoms. The van der Waals surface area contributed by atoms with E-state index in [1.165, 1.54) is 67.5 Å². The second-order valence-electron chi connectivity index (χ2n) is 6.95. The van der Waals surface area contributed by atoms with E-state index in [2.05, 4.69) is 108 Å². The summed E-state index contributed by atoms with van der Waals surface area (Å²) in [6, 6.07) is 21.5. The molecule has 152 valence electrons. The number of allylic oxidation sites excluding steroid dienone is 4. The second-order valence-corrected chi connectivity index (χ2v) is 6.95. The Morgan fingerprint density at radius 2 is 1.52 bits per heavy atom. The molecule has 1 aliphatic carbocycles. The third kappa shape index (κ3) is 6.56. The average Bonchev–Trinajstić information content (AvgIpc) is 3.23. The Hall–Kier alpha value is -1.37. The van der Waals surface area contributed by atoms with E-state index in [0.717, 1.165) is 0 Å². The normalized spacial score (nSPS) is 14.5. The van der Waals surface area contributed by atoms with Gasteiger partial charge in [0.25, 0.3) is 0 Å². The molecule has 3 aromatic carbocycles. The number of hydrogen-bond donors (Lipinski definition) is 0. The maximum absolute atomic E-state index is 3.36. The molecule has 0 saturated carbocycles. The van der Waals surface area contributed by atoms with Crippen molar-refractivity contribution in [1.82, 2.24) is 0 Å². The SMILES string of the molecule is CC1=[C-]C(C)C(C)=C1C.Cc1cccc2[cH-]cc(-c3ccccc3)c12.[CH3-].[CH3-].[Si]=[Zr]. The third-order valence-corrected chi connectivity index (χ3v) is 5.33. The Morgan fingerprint density at radius 3 is 2.00 bits per heavy atom. The first-order chi connectivity index (χ1) is 13.0. The van der Waals surface area contributed by atoms with Crippen LogP contribution < -0.4 is 0 Å². The minimum atomic E-state index is 0. The minimum absolute atomic E-state index is 0. The molecule has 1 unspecified atom stereocenters. The molecule has 0 aliphatic heterocycles. The van der Waals surface area contributed by atoms with Gasteiger partial charge in [-0.1, -0.05) is 74.2 Å². The van der Waals surface area contributed by atoms with Crippen molar-refractivity contribution in [3.05, 3.63) is 104 Å². The van der Waals surface area contributed by atoms with Gasteiger partial charge in [-0.3, -0.25) is 6.08 Å². The van der Waals surface area contributed by atoms with Gasteiger partial charge in [-0.15, -0.1) is 47.5 Å². The van der Waals surface area contributed by atoms with E-state index >= 15 is 0 Å². The van der Waals surface area contributed by atoms with E-state index in [-0.39, 0.29) is 14.9 Å². The van der Waals surface area contributed by atoms with Crippen LogP contribution in [0.2, 0.25) is 0 Å². The van der Waals surface area contributed by atoms with Crippen LogP contribution in [0, 0.1) is 33.8 Å². The predicted octanol–water partition coefficient (Wildman–Crippen LogP) is 7.77. The Kier molecular flexibility index (Phi) is 12.4. The Balaban J connectivity index is 0.000000524. The van der Waals surface area contributed by atoms with Crippen molar-refractivity contribution in [2.24, 2.45) is 5.92 Å². The molecule has 0 N–H and O–H groups in total. The quantitative estimate of drug-likeness (QED) is 0.249. The van der Waals surface area contributed by atoms with Crippen molar-refractivity contribution in [2.45, 2.75) is 34.6 Å². The Bertz CT molecular complexity index is 961. The van der Waals surface area contributed by atoms with Crippen molar-refractivity contribution in [3.63, 3.8) is 0 Å². The maximum atomic E-state index is 3.36. The molecule has 0 amide bonds. The fraction of sp³-hybridized carbons (Fsp3) is 0.222. The van der Waals surface area contributed by atoms with E-state index < -0.39 is 0 Å². The third-order valence-electron chi connectivity index (χ3n) is 5.33. The molecule has 0 spiro atoms. The van der Waals surface area contributed by atoms with Gasteiger partial charge in [0.15, 0.2) is 0 Å². The van der Waals surface area contributed by atoms with E-state index in [4.69, 9.17) is 0 Å². The van der Waals surface area contributed by atoms with Gasteiger partial charge < -0.3 is 14.9 Å². The van der Waals surface area contributed by atoms with Gasteiger partial charge in [0.05, 0.1) is 0 Å². The zero-order chi connectivity index (χ0) is 20.0. The average molecular weight is 476 g/mol. The predicted molar refractivity (Wildman–Crippen MR) is 128 cm³/mol. The molecule has 1 aliphatic rings. The molecule has 1 atom stereocenters. The summed E-state index contributed by atoms with van der Waals surface area (Å²) in [7, 11) is 0. The number of aryl methyl sites for hydroxylation is 1. The van der Waals surface area contributed by atoms with Crippen molar-refractivity contribution >= 4 is 17.7 Å². The van der Waals surface area contributed by atoms with Gasteiger partial charge in [-0.05, 0) is 6.92 Å². The molecule has 2 radical (unpaired) electrons. The first-order valence-electron chi connectivity index (χ1n) is 9.22. The molecular weight excluding hydrogens is 444 g/mol. The molecule has 4 rings (SSSR count). The van der Waals surface area contributed by atoms with Gasteiger partial charge in [-0.25, -0.2) is 5.57 Å². The van der Waals surface area contributed by atoms with Crippen LogP contribution >= 0.6 is 0 Å². The standard InChI is InChI=1S/C16H13.C9H13.2CH3.Si.Zr/c1-12-6-5-9-14-10-11-15(16(12)14)13-7-3-2-4-8-13;1-6-5-7(2)9(4)8(6)3;;;;/h2-11H,1H3;6H,1-4H3;2*1H3;;/q4*-1;;. The van der Waals surface area contributed by atoms with Gasteiger partial charge in [0.2, 0.25) is 0 Å². The molecule has 0 fully saturated rings. The van der Waals surface area contributed by atoms with Crippen molar-refractivity contribution < 1.29 is 23.3 Å². The molecule has 29 heavy (non-hydrogen) atoms. The zero-order valence-corrected chi connectivity index (χ0v) is 22.3. The summed E-state index contributed by atoms with van der Waals surface area (Å²) in [5, 5.41) is 2.72. The van der Waals surface area contributed by atoms with Crippen molar-refractivity contribution in [3.8, 4) is 11.1 Å². The second kappa shape index (κ2) is 13.0. The molecule has 0 aromatic heterocycles. The van der Waals surface area contributed by atoms with Crippen LogP contribution in [-0.2, 0) is 23.3 Å². The van der Waals surface area contributed by atoms with Gasteiger partial charge >= 0.3 is 30.2 Å². The number of hydrogen-bond acceptors (Lipinski definition) is 0. The van der Waals surface area contributed by atoms with Crippen LogP contribution in [0.4, 0.5) is 0 Å². The van der Waals surface area contributed by atoms with Crippen LogP contribution in [0.25, 0.3) is 21.9 Å². The van der Waals surface area contributed by atoms with E-state index in [9.17, 15) is 0 Å². The summed E-state index contributed by atoms with van der Waals surface area (Å²) >= 11 is 1.36. The van der Waals surface area contributed by atoms with Crippen LogP contribution in [0.3, 0.4) is 0 Å². The monoisotopic (exact) mass is 474 g/mol. The van der Waals surface area contributed by atoms with Crippen LogP contribution in [0.15, 0.2) is 77.4 Å². The van der Waals surface area contributed by atoms with E-state index in [0.29, 0.717) is 5.92 Å². The molecular formula is C27H32SiZr-4. The Morgan fingerprint density at radius 1 is 0.897 bits per heavy atom. The van der Waals surface area contributed by atoms with E-state index in [1.54, 1.807) is 0 Å². The summed E-state index contributed by atoms with van der Waals surface area (Å²) in [6.45, 7) is 13.9. The van der Waals surface area contributed by atoms with Crippen LogP contribution in [0.1, 0.15) is 33.3 Å². The first kappa shape index (κ1) is 27.6. The number of rotatable bonds is 1. The topological polar surface area (TPSA) is 0 Å². The summed E-state index contributed by atoms with van der Waals surface area (Å²) in [6.07, 6.45) is 3.36. The summed E-state index contributed by atoms with van der Waals surface area (Å²) in [5.74, 6) is 0.560. The molecule has 0 heterocycles. The van der Waals surface area contributed by atoms with Crippen molar-refractivity contribution in [1.29, 1.82) is 0 Å². The van der Waals surface area contributed by atoms with E-state index in [1.807, 2.05) is 0 Å². The summed E-state index contributed by atoms with van der Waals surface area (Å²) in [5.41, 5.74) is 8.23. The molecule has 3 aromatic rings. The number of benzene rings is 2. The summed E-state index contributed by atoms with van der Waals surface area (Å²) in [4.78, 5) is 0. The zero-order valence-electron chi connectivity index (χ0n) is 18.9. The van der Waals surface area contributed by atoms with Crippen molar-refractivity contribution in [2.75, 3.05) is 0 Å². The fourth-order valence-electron chi connectivity index (χ4n) is 3.47. The van der Waals surface area contributed by atoms with Crippen LogP contribution in [-0.4, -0.2) is 6.88 Å². The van der Waals surface area contributed by atoms with Gasteiger partial charge in [0.1, 0.15) is 0 Å². The number of fused-ring (bicyclic) bond motifs is 1. The molecule has 2 heteroatoms. The van der Waals surface area contributed by atoms with Crippen LogP contribution in [0.5, 0.6) is 0 Å². The summed E-state index contributed by atoms with van der Waals surface area (Å²) < 4.78 is 0. The van der Waals surface area contributed by atoms with Gasteiger partial charge in [0, 0.05) is 0 Å².